The van der Waals surface area contributed by atoms with Gasteiger partial charge in [0.1, 0.15) is 0 Å². The second kappa shape index (κ2) is 9.44. The summed E-state index contributed by atoms with van der Waals surface area (Å²) < 4.78 is 2.21. The fourth-order valence-electron chi connectivity index (χ4n) is 1.83. The Morgan fingerprint density at radius 3 is 2.78 bits per heavy atom. The molecule has 3 nitrogen and oxygen atoms in total. The molecule has 6 heteroatoms. The van der Waals surface area contributed by atoms with Crippen LogP contribution in [0, 0.1) is 3.57 Å². The Morgan fingerprint density at radius 2 is 2.04 bits per heavy atom. The average Bonchev–Trinajstić information content (AvgIpc) is 2.54. The van der Waals surface area contributed by atoms with Crippen LogP contribution in [0.4, 0.5) is 0 Å². The van der Waals surface area contributed by atoms with Gasteiger partial charge in [-0.3, -0.25) is 4.79 Å². The smallest absolute Gasteiger partial charge is 0.250 e. The lowest BCUT2D eigenvalue weighted by atomic mass is 10.1. The number of carbonyl (C=O) groups is 1. The summed E-state index contributed by atoms with van der Waals surface area (Å²) in [5, 5.41) is 4.17. The third-order valence-corrected chi connectivity index (χ3v) is 5.47. The molecule has 2 rings (SSSR count). The van der Waals surface area contributed by atoms with E-state index in [-0.39, 0.29) is 5.91 Å². The SMILES string of the molecule is C/C(=N\NC(=O)CSCc1ccccc1Br)c1cccc(I)c1. The molecule has 0 fully saturated rings. The summed E-state index contributed by atoms with van der Waals surface area (Å²) in [6, 6.07) is 16.0. The second-order valence-electron chi connectivity index (χ2n) is 4.83. The fraction of sp³-hybridized carbons (Fsp3) is 0.176. The van der Waals surface area contributed by atoms with Gasteiger partial charge in [-0.05, 0) is 58.8 Å². The summed E-state index contributed by atoms with van der Waals surface area (Å²) in [5.74, 6) is 1.07. The van der Waals surface area contributed by atoms with Gasteiger partial charge in [0.25, 0.3) is 0 Å². The molecule has 0 atom stereocenters. The number of rotatable bonds is 6. The highest BCUT2D eigenvalue weighted by Gasteiger charge is 2.04. The summed E-state index contributed by atoms with van der Waals surface area (Å²) in [5.41, 5.74) is 5.61. The zero-order valence-corrected chi connectivity index (χ0v) is 17.1. The Morgan fingerprint density at radius 1 is 1.26 bits per heavy atom. The maximum atomic E-state index is 11.9. The molecule has 1 amide bonds. The normalized spacial score (nSPS) is 11.3. The van der Waals surface area contributed by atoms with E-state index in [0.29, 0.717) is 5.75 Å². The van der Waals surface area contributed by atoms with Crippen LogP contribution in [0.2, 0.25) is 0 Å². The molecule has 0 heterocycles. The summed E-state index contributed by atoms with van der Waals surface area (Å²) in [7, 11) is 0. The topological polar surface area (TPSA) is 41.5 Å². The predicted molar refractivity (Wildman–Crippen MR) is 110 cm³/mol. The van der Waals surface area contributed by atoms with Crippen molar-refractivity contribution in [3.8, 4) is 0 Å². The summed E-state index contributed by atoms with van der Waals surface area (Å²) >= 11 is 7.33. The van der Waals surface area contributed by atoms with Crippen molar-refractivity contribution in [1.82, 2.24) is 5.43 Å². The molecule has 120 valence electrons. The minimum atomic E-state index is -0.0907. The van der Waals surface area contributed by atoms with Crippen LogP contribution in [0.3, 0.4) is 0 Å². The van der Waals surface area contributed by atoms with Crippen molar-refractivity contribution in [3.05, 3.63) is 67.7 Å². The number of halogens is 2. The van der Waals surface area contributed by atoms with Gasteiger partial charge in [0.2, 0.25) is 5.91 Å². The molecular formula is C17H16BrIN2OS. The van der Waals surface area contributed by atoms with Crippen LogP contribution in [0.25, 0.3) is 0 Å². The number of nitrogens with zero attached hydrogens (tertiary/aromatic N) is 1. The van der Waals surface area contributed by atoms with Crippen LogP contribution in [-0.2, 0) is 10.5 Å². The molecule has 0 unspecified atom stereocenters. The fourth-order valence-corrected chi connectivity index (χ4v) is 3.80. The highest BCUT2D eigenvalue weighted by atomic mass is 127. The molecule has 0 aliphatic rings. The number of hydrogen-bond acceptors (Lipinski definition) is 3. The van der Waals surface area contributed by atoms with E-state index in [9.17, 15) is 4.79 Å². The standard InChI is InChI=1S/C17H16BrIN2OS/c1-12(13-6-4-7-15(19)9-13)20-21-17(22)11-23-10-14-5-2-3-8-16(14)18/h2-9H,10-11H2,1H3,(H,21,22)/b20-12+. The van der Waals surface area contributed by atoms with Crippen molar-refractivity contribution in [3.63, 3.8) is 0 Å². The van der Waals surface area contributed by atoms with Crippen LogP contribution < -0.4 is 5.43 Å². The first-order chi connectivity index (χ1) is 11.1. The third-order valence-electron chi connectivity index (χ3n) is 3.04. The van der Waals surface area contributed by atoms with Gasteiger partial charge >= 0.3 is 0 Å². The van der Waals surface area contributed by atoms with Crippen LogP contribution in [0.1, 0.15) is 18.1 Å². The van der Waals surface area contributed by atoms with Crippen molar-refractivity contribution in [2.75, 3.05) is 5.75 Å². The number of amides is 1. The summed E-state index contributed by atoms with van der Waals surface area (Å²) in [6.07, 6.45) is 0. The molecule has 2 aromatic carbocycles. The molecule has 0 bridgehead atoms. The van der Waals surface area contributed by atoms with Gasteiger partial charge in [-0.1, -0.05) is 46.3 Å². The highest BCUT2D eigenvalue weighted by molar-refractivity contribution is 14.1. The minimum absolute atomic E-state index is 0.0907. The average molecular weight is 503 g/mol. The lowest BCUT2D eigenvalue weighted by Crippen LogP contribution is -2.21. The Balaban J connectivity index is 1.81. The van der Waals surface area contributed by atoms with Crippen molar-refractivity contribution in [2.45, 2.75) is 12.7 Å². The van der Waals surface area contributed by atoms with E-state index in [0.717, 1.165) is 25.1 Å². The molecular weight excluding hydrogens is 487 g/mol. The van der Waals surface area contributed by atoms with E-state index in [1.54, 1.807) is 11.8 Å². The van der Waals surface area contributed by atoms with Crippen molar-refractivity contribution in [2.24, 2.45) is 5.10 Å². The molecule has 2 aromatic rings. The number of nitrogens with one attached hydrogen (secondary N) is 1. The first-order valence-electron chi connectivity index (χ1n) is 6.96. The van der Waals surface area contributed by atoms with Crippen LogP contribution in [-0.4, -0.2) is 17.4 Å². The van der Waals surface area contributed by atoms with Gasteiger partial charge in [-0.2, -0.15) is 5.10 Å². The number of carbonyl (C=O) groups excluding carboxylic acids is 1. The van der Waals surface area contributed by atoms with Crippen LogP contribution >= 0.6 is 50.3 Å². The third kappa shape index (κ3) is 6.27. The molecule has 0 radical (unpaired) electrons. The monoisotopic (exact) mass is 502 g/mol. The van der Waals surface area contributed by atoms with Crippen LogP contribution in [0.15, 0.2) is 58.1 Å². The van der Waals surface area contributed by atoms with E-state index in [1.165, 1.54) is 5.56 Å². The number of hydrogen-bond donors (Lipinski definition) is 1. The largest absolute Gasteiger partial charge is 0.272 e. The van der Waals surface area contributed by atoms with Crippen molar-refractivity contribution >= 4 is 61.9 Å². The predicted octanol–water partition coefficient (Wildman–Crippen LogP) is 4.83. The highest BCUT2D eigenvalue weighted by Crippen LogP contribution is 2.21. The van der Waals surface area contributed by atoms with E-state index >= 15 is 0 Å². The molecule has 0 aliphatic heterocycles. The van der Waals surface area contributed by atoms with E-state index in [4.69, 9.17) is 0 Å². The van der Waals surface area contributed by atoms with Gasteiger partial charge < -0.3 is 0 Å². The van der Waals surface area contributed by atoms with Gasteiger partial charge in [0.05, 0.1) is 11.5 Å². The van der Waals surface area contributed by atoms with E-state index in [1.807, 2.05) is 55.5 Å². The molecule has 0 spiro atoms. The van der Waals surface area contributed by atoms with Gasteiger partial charge in [0, 0.05) is 13.8 Å². The lowest BCUT2D eigenvalue weighted by molar-refractivity contribution is -0.118. The van der Waals surface area contributed by atoms with E-state index in [2.05, 4.69) is 49.0 Å². The van der Waals surface area contributed by atoms with Gasteiger partial charge in [-0.15, -0.1) is 11.8 Å². The van der Waals surface area contributed by atoms with Crippen molar-refractivity contribution in [1.29, 1.82) is 0 Å². The Labute approximate surface area is 162 Å². The van der Waals surface area contributed by atoms with Gasteiger partial charge in [-0.25, -0.2) is 5.43 Å². The molecule has 23 heavy (non-hydrogen) atoms. The first kappa shape index (κ1) is 18.5. The quantitative estimate of drug-likeness (QED) is 0.349. The Hall–Kier alpha value is -0.860. The van der Waals surface area contributed by atoms with Gasteiger partial charge in [0.15, 0.2) is 0 Å². The second-order valence-corrected chi connectivity index (χ2v) is 7.91. The summed E-state index contributed by atoms with van der Waals surface area (Å²) in [4.78, 5) is 11.9. The number of hydrazone groups is 1. The molecule has 0 aromatic heterocycles. The zero-order chi connectivity index (χ0) is 16.7. The minimum Gasteiger partial charge on any atom is -0.272 e. The number of thioether (sulfide) groups is 1. The Kier molecular flexibility index (Phi) is 7.58. The van der Waals surface area contributed by atoms with Crippen LogP contribution in [0.5, 0.6) is 0 Å². The maximum Gasteiger partial charge on any atom is 0.250 e. The summed E-state index contributed by atoms with van der Waals surface area (Å²) in [6.45, 7) is 1.89. The lowest BCUT2D eigenvalue weighted by Gasteiger charge is -2.05. The van der Waals surface area contributed by atoms with Crippen molar-refractivity contribution < 1.29 is 4.79 Å². The first-order valence-corrected chi connectivity index (χ1v) is 9.99. The Bertz CT molecular complexity index is 721. The molecule has 1 N–H and O–H groups in total. The molecule has 0 saturated carbocycles. The van der Waals surface area contributed by atoms with E-state index < -0.39 is 0 Å². The molecule has 0 aliphatic carbocycles. The maximum absolute atomic E-state index is 11.9. The zero-order valence-electron chi connectivity index (χ0n) is 12.6. The molecule has 0 saturated heterocycles. The number of benzene rings is 2.